The predicted molar refractivity (Wildman–Crippen MR) is 65.1 cm³/mol. The van der Waals surface area contributed by atoms with Gasteiger partial charge < -0.3 is 10.1 Å². The molecule has 2 atom stereocenters. The predicted octanol–water partition coefficient (Wildman–Crippen LogP) is 2.97. The van der Waals surface area contributed by atoms with E-state index < -0.39 is 0 Å². The molecule has 0 saturated heterocycles. The van der Waals surface area contributed by atoms with Crippen molar-refractivity contribution in [2.75, 3.05) is 13.7 Å². The Kier molecular flexibility index (Phi) is 5.07. The van der Waals surface area contributed by atoms with Gasteiger partial charge in [-0.05, 0) is 32.1 Å². The maximum absolute atomic E-state index is 5.32. The molecule has 0 aromatic heterocycles. The zero-order chi connectivity index (χ0) is 11.3. The highest BCUT2D eigenvalue weighted by atomic mass is 16.5. The highest BCUT2D eigenvalue weighted by molar-refractivity contribution is 4.82. The Hall–Kier alpha value is -0.0800. The van der Waals surface area contributed by atoms with E-state index in [2.05, 4.69) is 26.1 Å². The lowest BCUT2D eigenvalue weighted by atomic mass is 9.75. The van der Waals surface area contributed by atoms with E-state index in [0.29, 0.717) is 17.6 Å². The summed E-state index contributed by atoms with van der Waals surface area (Å²) in [4.78, 5) is 0. The van der Waals surface area contributed by atoms with E-state index in [-0.39, 0.29) is 0 Å². The van der Waals surface area contributed by atoms with E-state index in [1.165, 1.54) is 32.1 Å². The summed E-state index contributed by atoms with van der Waals surface area (Å²) in [6, 6.07) is 0.453. The molecule has 0 aromatic carbocycles. The lowest BCUT2D eigenvalue weighted by Crippen LogP contribution is -2.43. The monoisotopic (exact) mass is 213 g/mol. The zero-order valence-electron chi connectivity index (χ0n) is 10.8. The fourth-order valence-electron chi connectivity index (χ4n) is 2.36. The third-order valence-electron chi connectivity index (χ3n) is 3.99. The Morgan fingerprint density at radius 2 is 1.80 bits per heavy atom. The van der Waals surface area contributed by atoms with Crippen molar-refractivity contribution in [3.8, 4) is 0 Å². The van der Waals surface area contributed by atoms with Crippen LogP contribution in [0.4, 0.5) is 0 Å². The van der Waals surface area contributed by atoms with E-state index in [1.54, 1.807) is 7.11 Å². The van der Waals surface area contributed by atoms with Crippen LogP contribution in [0.5, 0.6) is 0 Å². The van der Waals surface area contributed by atoms with Gasteiger partial charge in [-0.15, -0.1) is 0 Å². The van der Waals surface area contributed by atoms with Gasteiger partial charge in [0.15, 0.2) is 0 Å². The van der Waals surface area contributed by atoms with Crippen LogP contribution in [0.1, 0.15) is 52.9 Å². The quantitative estimate of drug-likeness (QED) is 0.758. The van der Waals surface area contributed by atoms with Gasteiger partial charge in [-0.25, -0.2) is 0 Å². The molecule has 0 radical (unpaired) electrons. The first-order chi connectivity index (χ1) is 7.07. The molecule has 0 amide bonds. The zero-order valence-corrected chi connectivity index (χ0v) is 10.8. The molecule has 1 saturated carbocycles. The van der Waals surface area contributed by atoms with Crippen molar-refractivity contribution in [2.24, 2.45) is 5.41 Å². The fraction of sp³-hybridized carbons (Fsp3) is 1.00. The Morgan fingerprint density at radius 1 is 1.20 bits per heavy atom. The molecule has 1 aliphatic carbocycles. The van der Waals surface area contributed by atoms with Crippen molar-refractivity contribution in [3.63, 3.8) is 0 Å². The average molecular weight is 213 g/mol. The SMILES string of the molecule is COC(C)C(C)NCC1(C)CCCCC1. The van der Waals surface area contributed by atoms with Gasteiger partial charge in [0, 0.05) is 19.7 Å². The molecule has 0 heterocycles. The highest BCUT2D eigenvalue weighted by Crippen LogP contribution is 2.35. The molecular formula is C13H27NO. The molecule has 2 heteroatoms. The molecule has 0 bridgehead atoms. The smallest absolute Gasteiger partial charge is 0.0693 e. The number of methoxy groups -OCH3 is 1. The summed E-state index contributed by atoms with van der Waals surface area (Å²) in [5.41, 5.74) is 0.528. The molecule has 0 aliphatic heterocycles. The van der Waals surface area contributed by atoms with Gasteiger partial charge in [0.1, 0.15) is 0 Å². The van der Waals surface area contributed by atoms with Crippen LogP contribution in [-0.4, -0.2) is 25.8 Å². The summed E-state index contributed by atoms with van der Waals surface area (Å²) in [5, 5.41) is 3.62. The Bertz CT molecular complexity index is 175. The minimum absolute atomic E-state index is 0.303. The maximum Gasteiger partial charge on any atom is 0.0693 e. The molecule has 0 aromatic rings. The molecule has 1 rings (SSSR count). The third kappa shape index (κ3) is 4.12. The Balaban J connectivity index is 2.28. The van der Waals surface area contributed by atoms with Crippen LogP contribution >= 0.6 is 0 Å². The van der Waals surface area contributed by atoms with Crippen LogP contribution in [-0.2, 0) is 4.74 Å². The molecule has 0 spiro atoms. The lowest BCUT2D eigenvalue weighted by Gasteiger charge is -2.35. The van der Waals surface area contributed by atoms with Gasteiger partial charge in [-0.3, -0.25) is 0 Å². The van der Waals surface area contributed by atoms with Gasteiger partial charge in [-0.2, -0.15) is 0 Å². The standard InChI is InChI=1S/C13H27NO/c1-11(12(2)15-4)14-10-13(3)8-6-5-7-9-13/h11-12,14H,5-10H2,1-4H3. The first-order valence-electron chi connectivity index (χ1n) is 6.33. The topological polar surface area (TPSA) is 21.3 Å². The van der Waals surface area contributed by atoms with E-state index >= 15 is 0 Å². The van der Waals surface area contributed by atoms with E-state index in [4.69, 9.17) is 4.74 Å². The average Bonchev–Trinajstić information content (AvgIpc) is 2.26. The van der Waals surface area contributed by atoms with Gasteiger partial charge in [0.25, 0.3) is 0 Å². The van der Waals surface area contributed by atoms with E-state index in [0.717, 1.165) is 6.54 Å². The molecule has 2 nitrogen and oxygen atoms in total. The molecule has 15 heavy (non-hydrogen) atoms. The summed E-state index contributed by atoms with van der Waals surface area (Å²) >= 11 is 0. The van der Waals surface area contributed by atoms with Crippen LogP contribution in [0.25, 0.3) is 0 Å². The van der Waals surface area contributed by atoms with Crippen LogP contribution in [0.2, 0.25) is 0 Å². The van der Waals surface area contributed by atoms with Crippen LogP contribution in [0, 0.1) is 5.41 Å². The molecule has 1 aliphatic rings. The summed E-state index contributed by atoms with van der Waals surface area (Å²) in [6.45, 7) is 7.90. The second kappa shape index (κ2) is 5.86. The first kappa shape index (κ1) is 13.0. The van der Waals surface area contributed by atoms with Crippen molar-refractivity contribution in [3.05, 3.63) is 0 Å². The summed E-state index contributed by atoms with van der Waals surface area (Å²) in [5.74, 6) is 0. The van der Waals surface area contributed by atoms with E-state index in [9.17, 15) is 0 Å². The highest BCUT2D eigenvalue weighted by Gasteiger charge is 2.27. The molecule has 1 N–H and O–H groups in total. The maximum atomic E-state index is 5.32. The largest absolute Gasteiger partial charge is 0.380 e. The summed E-state index contributed by atoms with van der Waals surface area (Å²) < 4.78 is 5.32. The summed E-state index contributed by atoms with van der Waals surface area (Å²) in [7, 11) is 1.78. The number of hydrogen-bond donors (Lipinski definition) is 1. The summed E-state index contributed by atoms with van der Waals surface area (Å²) in [6.07, 6.45) is 7.32. The van der Waals surface area contributed by atoms with Crippen molar-refractivity contribution in [1.29, 1.82) is 0 Å². The third-order valence-corrected chi connectivity index (χ3v) is 3.99. The fourth-order valence-corrected chi connectivity index (χ4v) is 2.36. The number of hydrogen-bond acceptors (Lipinski definition) is 2. The van der Waals surface area contributed by atoms with Crippen molar-refractivity contribution in [1.82, 2.24) is 5.32 Å². The number of ether oxygens (including phenoxy) is 1. The van der Waals surface area contributed by atoms with Crippen molar-refractivity contribution >= 4 is 0 Å². The minimum atomic E-state index is 0.303. The molecular weight excluding hydrogens is 186 g/mol. The van der Waals surface area contributed by atoms with Gasteiger partial charge in [-0.1, -0.05) is 26.2 Å². The van der Waals surface area contributed by atoms with Crippen molar-refractivity contribution in [2.45, 2.75) is 65.0 Å². The van der Waals surface area contributed by atoms with Gasteiger partial charge in [0.05, 0.1) is 6.10 Å². The van der Waals surface area contributed by atoms with Gasteiger partial charge >= 0.3 is 0 Å². The second-order valence-corrected chi connectivity index (χ2v) is 5.48. The molecule has 2 unspecified atom stereocenters. The molecule has 90 valence electrons. The second-order valence-electron chi connectivity index (χ2n) is 5.48. The Labute approximate surface area is 94.8 Å². The Morgan fingerprint density at radius 3 is 2.33 bits per heavy atom. The number of nitrogens with one attached hydrogen (secondary N) is 1. The molecule has 1 fully saturated rings. The van der Waals surface area contributed by atoms with Crippen LogP contribution in [0.15, 0.2) is 0 Å². The lowest BCUT2D eigenvalue weighted by molar-refractivity contribution is 0.0807. The number of rotatable bonds is 5. The minimum Gasteiger partial charge on any atom is -0.380 e. The van der Waals surface area contributed by atoms with Gasteiger partial charge in [0.2, 0.25) is 0 Å². The normalized spacial score (nSPS) is 24.8. The van der Waals surface area contributed by atoms with Crippen molar-refractivity contribution < 1.29 is 4.74 Å². The van der Waals surface area contributed by atoms with E-state index in [1.807, 2.05) is 0 Å². The van der Waals surface area contributed by atoms with Crippen LogP contribution in [0.3, 0.4) is 0 Å². The van der Waals surface area contributed by atoms with Crippen LogP contribution < -0.4 is 5.32 Å². The first-order valence-corrected chi connectivity index (χ1v) is 6.33.